The first-order valence-electron chi connectivity index (χ1n) is 5.28. The summed E-state index contributed by atoms with van der Waals surface area (Å²) >= 11 is 8.22. The van der Waals surface area contributed by atoms with Gasteiger partial charge >= 0.3 is 0 Å². The van der Waals surface area contributed by atoms with Gasteiger partial charge in [-0.25, -0.2) is 0 Å². The summed E-state index contributed by atoms with van der Waals surface area (Å²) in [5.74, 6) is 0.654. The van der Waals surface area contributed by atoms with Crippen LogP contribution in [0.2, 0.25) is 0 Å². The molecule has 0 saturated carbocycles. The molecule has 1 atom stereocenters. The van der Waals surface area contributed by atoms with Gasteiger partial charge in [-0.2, -0.15) is 0 Å². The number of hydrogen-bond donors (Lipinski definition) is 1. The molecule has 1 rings (SSSR count). The SMILES string of the molecule is CCCC(I)(NCCCl)c1ccccc1. The Morgan fingerprint density at radius 3 is 2.53 bits per heavy atom. The van der Waals surface area contributed by atoms with Gasteiger partial charge in [0.15, 0.2) is 0 Å². The van der Waals surface area contributed by atoms with Crippen molar-refractivity contribution < 1.29 is 0 Å². The molecule has 0 saturated heterocycles. The quantitative estimate of drug-likeness (QED) is 0.471. The van der Waals surface area contributed by atoms with Gasteiger partial charge in [-0.3, -0.25) is 5.32 Å². The van der Waals surface area contributed by atoms with E-state index >= 15 is 0 Å². The predicted molar refractivity (Wildman–Crippen MR) is 75.8 cm³/mol. The van der Waals surface area contributed by atoms with Crippen LogP contribution in [-0.4, -0.2) is 12.4 Å². The summed E-state index contributed by atoms with van der Waals surface area (Å²) in [6.07, 6.45) is 2.28. The van der Waals surface area contributed by atoms with Crippen molar-refractivity contribution in [3.63, 3.8) is 0 Å². The molecular weight excluding hydrogens is 320 g/mol. The third-order valence-electron chi connectivity index (χ3n) is 2.33. The number of nitrogens with one attached hydrogen (secondary N) is 1. The van der Waals surface area contributed by atoms with Crippen LogP contribution in [0.15, 0.2) is 30.3 Å². The summed E-state index contributed by atoms with van der Waals surface area (Å²) < 4.78 is 0.0304. The summed E-state index contributed by atoms with van der Waals surface area (Å²) in [6.45, 7) is 3.05. The molecule has 1 nitrogen and oxygen atoms in total. The molecule has 0 radical (unpaired) electrons. The zero-order valence-electron chi connectivity index (χ0n) is 8.97. The minimum absolute atomic E-state index is 0.0304. The Balaban J connectivity index is 2.80. The Bertz CT molecular complexity index is 278. The van der Waals surface area contributed by atoms with Crippen LogP contribution in [0.3, 0.4) is 0 Å². The molecule has 3 heteroatoms. The van der Waals surface area contributed by atoms with Crippen molar-refractivity contribution in [3.05, 3.63) is 35.9 Å². The molecule has 1 aromatic rings. The molecule has 0 spiro atoms. The molecule has 15 heavy (non-hydrogen) atoms. The Morgan fingerprint density at radius 1 is 1.33 bits per heavy atom. The van der Waals surface area contributed by atoms with Gasteiger partial charge in [0.1, 0.15) is 0 Å². The Morgan fingerprint density at radius 2 is 2.00 bits per heavy atom. The van der Waals surface area contributed by atoms with Crippen molar-refractivity contribution >= 4 is 34.2 Å². The van der Waals surface area contributed by atoms with Crippen LogP contribution >= 0.6 is 34.2 Å². The molecule has 0 amide bonds. The number of alkyl halides is 2. The molecule has 1 N–H and O–H groups in total. The molecule has 0 fully saturated rings. The van der Waals surface area contributed by atoms with Gasteiger partial charge in [-0.1, -0.05) is 66.3 Å². The highest BCUT2D eigenvalue weighted by molar-refractivity contribution is 14.1. The Kier molecular flexibility index (Phi) is 5.94. The lowest BCUT2D eigenvalue weighted by atomic mass is 10.0. The Labute approximate surface area is 111 Å². The molecule has 0 heterocycles. The lowest BCUT2D eigenvalue weighted by Crippen LogP contribution is -2.37. The molecule has 84 valence electrons. The standard InChI is InChI=1S/C12H17ClIN/c1-2-8-12(14,15-10-9-13)11-6-4-3-5-7-11/h3-7,15H,2,8-10H2,1H3. The molecular formula is C12H17ClIN. The molecule has 1 unspecified atom stereocenters. The van der Waals surface area contributed by atoms with Gasteiger partial charge in [0.25, 0.3) is 0 Å². The molecule has 0 bridgehead atoms. The van der Waals surface area contributed by atoms with Crippen molar-refractivity contribution in [1.82, 2.24) is 5.32 Å². The summed E-state index contributed by atoms with van der Waals surface area (Å²) in [7, 11) is 0. The monoisotopic (exact) mass is 337 g/mol. The highest BCUT2D eigenvalue weighted by atomic mass is 127. The second-order valence-corrected chi connectivity index (χ2v) is 5.75. The fraction of sp³-hybridized carbons (Fsp3) is 0.500. The van der Waals surface area contributed by atoms with E-state index < -0.39 is 0 Å². The van der Waals surface area contributed by atoms with E-state index in [4.69, 9.17) is 11.6 Å². The van der Waals surface area contributed by atoms with E-state index in [1.165, 1.54) is 5.56 Å². The smallest absolute Gasteiger partial charge is 0.0960 e. The topological polar surface area (TPSA) is 12.0 Å². The van der Waals surface area contributed by atoms with Crippen molar-refractivity contribution in [2.45, 2.75) is 23.3 Å². The third-order valence-corrected chi connectivity index (χ3v) is 4.06. The first-order chi connectivity index (χ1) is 7.23. The maximum Gasteiger partial charge on any atom is 0.0960 e. The number of hydrogen-bond acceptors (Lipinski definition) is 1. The molecule has 1 aromatic carbocycles. The van der Waals surface area contributed by atoms with E-state index in [1.807, 2.05) is 6.07 Å². The van der Waals surface area contributed by atoms with E-state index in [9.17, 15) is 0 Å². The zero-order valence-corrected chi connectivity index (χ0v) is 11.9. The van der Waals surface area contributed by atoms with Crippen LogP contribution in [-0.2, 0) is 3.55 Å². The maximum absolute atomic E-state index is 5.73. The lowest BCUT2D eigenvalue weighted by molar-refractivity contribution is 0.485. The van der Waals surface area contributed by atoms with Gasteiger partial charge in [0.2, 0.25) is 0 Å². The average molecular weight is 338 g/mol. The lowest BCUT2D eigenvalue weighted by Gasteiger charge is -2.29. The van der Waals surface area contributed by atoms with E-state index in [1.54, 1.807) is 0 Å². The maximum atomic E-state index is 5.73. The fourth-order valence-corrected chi connectivity index (χ4v) is 2.89. The minimum atomic E-state index is 0.0304. The highest BCUT2D eigenvalue weighted by Crippen LogP contribution is 2.33. The van der Waals surface area contributed by atoms with Gasteiger partial charge < -0.3 is 0 Å². The van der Waals surface area contributed by atoms with E-state index in [2.05, 4.69) is 59.1 Å². The fourth-order valence-electron chi connectivity index (χ4n) is 1.63. The summed E-state index contributed by atoms with van der Waals surface area (Å²) in [4.78, 5) is 0. The third kappa shape index (κ3) is 3.93. The van der Waals surface area contributed by atoms with E-state index in [-0.39, 0.29) is 3.55 Å². The summed E-state index contributed by atoms with van der Waals surface area (Å²) in [5.41, 5.74) is 1.33. The second kappa shape index (κ2) is 6.71. The normalized spacial score (nSPS) is 14.9. The van der Waals surface area contributed by atoms with Gasteiger partial charge in [0.05, 0.1) is 3.55 Å². The minimum Gasteiger partial charge on any atom is -0.298 e. The van der Waals surface area contributed by atoms with E-state index in [0.29, 0.717) is 5.88 Å². The van der Waals surface area contributed by atoms with Crippen LogP contribution in [0, 0.1) is 0 Å². The van der Waals surface area contributed by atoms with Crippen LogP contribution in [0.25, 0.3) is 0 Å². The van der Waals surface area contributed by atoms with Crippen LogP contribution in [0.5, 0.6) is 0 Å². The number of benzene rings is 1. The first kappa shape index (κ1) is 13.3. The van der Waals surface area contributed by atoms with Crippen LogP contribution in [0.1, 0.15) is 25.3 Å². The Hall–Kier alpha value is 0.200. The van der Waals surface area contributed by atoms with Crippen molar-refractivity contribution in [3.8, 4) is 0 Å². The van der Waals surface area contributed by atoms with Crippen molar-refractivity contribution in [2.24, 2.45) is 0 Å². The van der Waals surface area contributed by atoms with Gasteiger partial charge in [0, 0.05) is 12.4 Å². The van der Waals surface area contributed by atoms with Gasteiger partial charge in [-0.15, -0.1) is 11.6 Å². The largest absolute Gasteiger partial charge is 0.298 e. The number of rotatable bonds is 6. The van der Waals surface area contributed by atoms with Gasteiger partial charge in [-0.05, 0) is 12.0 Å². The molecule has 0 aliphatic rings. The molecule has 0 aromatic heterocycles. The van der Waals surface area contributed by atoms with Crippen molar-refractivity contribution in [2.75, 3.05) is 12.4 Å². The van der Waals surface area contributed by atoms with Crippen LogP contribution < -0.4 is 5.32 Å². The van der Waals surface area contributed by atoms with Crippen molar-refractivity contribution in [1.29, 1.82) is 0 Å². The predicted octanol–water partition coefficient (Wildman–Crippen LogP) is 3.90. The van der Waals surface area contributed by atoms with E-state index in [0.717, 1.165) is 19.4 Å². The first-order valence-corrected chi connectivity index (χ1v) is 6.89. The summed E-state index contributed by atoms with van der Waals surface area (Å²) in [6, 6.07) is 10.6. The van der Waals surface area contributed by atoms with Crippen LogP contribution in [0.4, 0.5) is 0 Å². The molecule has 0 aliphatic heterocycles. The average Bonchev–Trinajstić information content (AvgIpc) is 2.28. The summed E-state index contributed by atoms with van der Waals surface area (Å²) in [5, 5.41) is 3.52. The zero-order chi connectivity index (χ0) is 11.1. The highest BCUT2D eigenvalue weighted by Gasteiger charge is 2.26. The molecule has 0 aliphatic carbocycles. The second-order valence-electron chi connectivity index (χ2n) is 3.53. The number of halogens is 2.